The number of nitrogens with one attached hydrogen (secondary N) is 1. The number of hydrogen-bond acceptors (Lipinski definition) is 7. The molecule has 0 atom stereocenters. The first-order chi connectivity index (χ1) is 11.7. The molecule has 7 nitrogen and oxygen atoms in total. The lowest BCUT2D eigenvalue weighted by molar-refractivity contribution is -0.137. The summed E-state index contributed by atoms with van der Waals surface area (Å²) in [5, 5.41) is 6.39. The third-order valence-corrected chi connectivity index (χ3v) is 4.32. The summed E-state index contributed by atoms with van der Waals surface area (Å²) >= 11 is 1.47. The monoisotopic (exact) mass is 345 g/mol. The first-order valence-corrected chi connectivity index (χ1v) is 8.15. The third-order valence-electron chi connectivity index (χ3n) is 3.38. The van der Waals surface area contributed by atoms with Crippen molar-refractivity contribution in [3.8, 4) is 16.3 Å². The molecule has 0 aliphatic carbocycles. The lowest BCUT2D eigenvalue weighted by Gasteiger charge is -2.10. The Bertz CT molecular complexity index is 783. The Morgan fingerprint density at radius 2 is 2.08 bits per heavy atom. The highest BCUT2D eigenvalue weighted by Crippen LogP contribution is 2.26. The molecule has 2 aromatic rings. The zero-order chi connectivity index (χ0) is 16.9. The molecular weight excluding hydrogens is 330 g/mol. The van der Waals surface area contributed by atoms with Crippen LogP contribution in [0.4, 0.5) is 0 Å². The van der Waals surface area contributed by atoms with E-state index >= 15 is 0 Å². The number of thiazole rings is 1. The Hall–Kier alpha value is -2.74. The average molecular weight is 345 g/mol. The summed E-state index contributed by atoms with van der Waals surface area (Å²) in [6.07, 6.45) is 0.533. The molecule has 0 spiro atoms. The van der Waals surface area contributed by atoms with Crippen LogP contribution in [0.1, 0.15) is 18.5 Å². The van der Waals surface area contributed by atoms with Gasteiger partial charge in [-0.25, -0.2) is 15.2 Å². The number of esters is 1. The van der Waals surface area contributed by atoms with Crippen LogP contribution in [0.15, 0.2) is 34.7 Å². The van der Waals surface area contributed by atoms with Crippen molar-refractivity contribution < 1.29 is 19.1 Å². The Balaban J connectivity index is 1.59. The minimum absolute atomic E-state index is 0.0679. The molecule has 3 rings (SSSR count). The highest BCUT2D eigenvalue weighted by molar-refractivity contribution is 7.13. The van der Waals surface area contributed by atoms with Gasteiger partial charge < -0.3 is 9.47 Å². The van der Waals surface area contributed by atoms with Crippen molar-refractivity contribution in [2.45, 2.75) is 19.4 Å². The Labute approximate surface area is 142 Å². The van der Waals surface area contributed by atoms with Gasteiger partial charge in [0.1, 0.15) is 23.1 Å². The second-order valence-electron chi connectivity index (χ2n) is 5.04. The van der Waals surface area contributed by atoms with Gasteiger partial charge in [0, 0.05) is 23.8 Å². The standard InChI is InChI=1S/C16H15N3O4S/c1-22-12-4-2-10(3-5-12)15-17-11(9-24-15)8-23-16(21)13-6-7-14(20)19-18-13/h2-5,9H,6-8H2,1H3,(H,19,20). The molecule has 8 heteroatoms. The van der Waals surface area contributed by atoms with Crippen LogP contribution in [0.25, 0.3) is 10.6 Å². The van der Waals surface area contributed by atoms with E-state index in [-0.39, 0.29) is 24.6 Å². The number of ether oxygens (including phenoxy) is 2. The van der Waals surface area contributed by atoms with Gasteiger partial charge in [0.15, 0.2) is 0 Å². The molecule has 1 aliphatic rings. The summed E-state index contributed by atoms with van der Waals surface area (Å²) in [6.45, 7) is 0.0679. The molecule has 24 heavy (non-hydrogen) atoms. The number of benzene rings is 1. The number of aromatic nitrogens is 1. The van der Waals surface area contributed by atoms with Crippen LogP contribution in [0, 0.1) is 0 Å². The molecule has 1 aliphatic heterocycles. The number of nitrogens with zero attached hydrogens (tertiary/aromatic N) is 2. The van der Waals surface area contributed by atoms with Crippen molar-refractivity contribution in [2.24, 2.45) is 5.10 Å². The molecule has 0 fully saturated rings. The molecule has 0 radical (unpaired) electrons. The fourth-order valence-corrected chi connectivity index (χ4v) is 2.89. The summed E-state index contributed by atoms with van der Waals surface area (Å²) in [6, 6.07) is 7.58. The zero-order valence-electron chi connectivity index (χ0n) is 12.9. The smallest absolute Gasteiger partial charge is 0.354 e. The lowest BCUT2D eigenvalue weighted by atomic mass is 10.2. The molecule has 0 bridgehead atoms. The summed E-state index contributed by atoms with van der Waals surface area (Å²) < 4.78 is 10.3. The van der Waals surface area contributed by atoms with Gasteiger partial charge in [-0.3, -0.25) is 4.79 Å². The van der Waals surface area contributed by atoms with E-state index in [0.717, 1.165) is 16.3 Å². The van der Waals surface area contributed by atoms with E-state index in [0.29, 0.717) is 12.1 Å². The normalized spacial score (nSPS) is 13.9. The maximum atomic E-state index is 11.9. The van der Waals surface area contributed by atoms with E-state index in [1.807, 2.05) is 29.6 Å². The number of methoxy groups -OCH3 is 1. The van der Waals surface area contributed by atoms with E-state index < -0.39 is 5.97 Å². The summed E-state index contributed by atoms with van der Waals surface area (Å²) in [4.78, 5) is 27.3. The zero-order valence-corrected chi connectivity index (χ0v) is 13.8. The molecule has 0 unspecified atom stereocenters. The number of amides is 1. The van der Waals surface area contributed by atoms with Crippen LogP contribution in [0.5, 0.6) is 5.75 Å². The number of carbonyl (C=O) groups is 2. The fourth-order valence-electron chi connectivity index (χ4n) is 2.08. The highest BCUT2D eigenvalue weighted by atomic mass is 32.1. The van der Waals surface area contributed by atoms with Crippen LogP contribution < -0.4 is 10.2 Å². The van der Waals surface area contributed by atoms with E-state index in [9.17, 15) is 9.59 Å². The maximum absolute atomic E-state index is 11.9. The Morgan fingerprint density at radius 1 is 1.29 bits per heavy atom. The van der Waals surface area contributed by atoms with Gasteiger partial charge in [-0.2, -0.15) is 5.10 Å². The number of hydrogen-bond donors (Lipinski definition) is 1. The van der Waals surface area contributed by atoms with Gasteiger partial charge in [-0.05, 0) is 24.3 Å². The average Bonchev–Trinajstić information content (AvgIpc) is 3.09. The van der Waals surface area contributed by atoms with Gasteiger partial charge in [0.2, 0.25) is 5.91 Å². The maximum Gasteiger partial charge on any atom is 0.354 e. The van der Waals surface area contributed by atoms with Crippen LogP contribution in [-0.4, -0.2) is 29.7 Å². The molecule has 1 N–H and O–H groups in total. The molecule has 1 aromatic heterocycles. The summed E-state index contributed by atoms with van der Waals surface area (Å²) in [7, 11) is 1.62. The second kappa shape index (κ2) is 7.22. The molecule has 124 valence electrons. The van der Waals surface area contributed by atoms with Crippen LogP contribution >= 0.6 is 11.3 Å². The van der Waals surface area contributed by atoms with Crippen LogP contribution in [0.2, 0.25) is 0 Å². The predicted octanol–water partition coefficient (Wildman–Crippen LogP) is 2.13. The van der Waals surface area contributed by atoms with Crippen LogP contribution in [0.3, 0.4) is 0 Å². The fraction of sp³-hybridized carbons (Fsp3) is 0.250. The van der Waals surface area contributed by atoms with Crippen molar-refractivity contribution in [3.05, 3.63) is 35.3 Å². The van der Waals surface area contributed by atoms with Crippen molar-refractivity contribution >= 4 is 28.9 Å². The van der Waals surface area contributed by atoms with Gasteiger partial charge in [0.25, 0.3) is 0 Å². The number of rotatable bonds is 5. The van der Waals surface area contributed by atoms with Gasteiger partial charge in [-0.15, -0.1) is 11.3 Å². The molecule has 0 saturated heterocycles. The minimum Gasteiger partial charge on any atom is -0.497 e. The third kappa shape index (κ3) is 3.77. The Morgan fingerprint density at radius 3 is 2.75 bits per heavy atom. The molecule has 1 amide bonds. The van der Waals surface area contributed by atoms with Crippen molar-refractivity contribution in [3.63, 3.8) is 0 Å². The number of hydrazone groups is 1. The first-order valence-electron chi connectivity index (χ1n) is 7.27. The molecule has 0 saturated carbocycles. The van der Waals surface area contributed by atoms with E-state index in [4.69, 9.17) is 9.47 Å². The lowest BCUT2D eigenvalue weighted by Crippen LogP contribution is -2.30. The van der Waals surface area contributed by atoms with E-state index in [1.165, 1.54) is 11.3 Å². The molecule has 2 heterocycles. The van der Waals surface area contributed by atoms with Crippen molar-refractivity contribution in [1.29, 1.82) is 0 Å². The number of carbonyl (C=O) groups excluding carboxylic acids is 2. The van der Waals surface area contributed by atoms with Gasteiger partial charge >= 0.3 is 5.97 Å². The second-order valence-corrected chi connectivity index (χ2v) is 5.90. The SMILES string of the molecule is COc1ccc(-c2nc(COC(=O)C3=NNC(=O)CC3)cs2)cc1. The van der Waals surface area contributed by atoms with Gasteiger partial charge in [0.05, 0.1) is 12.8 Å². The topological polar surface area (TPSA) is 89.9 Å². The van der Waals surface area contributed by atoms with E-state index in [2.05, 4.69) is 15.5 Å². The quantitative estimate of drug-likeness (QED) is 0.839. The minimum atomic E-state index is -0.533. The van der Waals surface area contributed by atoms with Gasteiger partial charge in [-0.1, -0.05) is 0 Å². The van der Waals surface area contributed by atoms with Crippen LogP contribution in [-0.2, 0) is 20.9 Å². The molecular formula is C16H15N3O4S. The molecule has 1 aromatic carbocycles. The Kier molecular flexibility index (Phi) is 4.85. The largest absolute Gasteiger partial charge is 0.497 e. The highest BCUT2D eigenvalue weighted by Gasteiger charge is 2.20. The van der Waals surface area contributed by atoms with E-state index in [1.54, 1.807) is 7.11 Å². The summed E-state index contributed by atoms with van der Waals surface area (Å²) in [5.74, 6) is 0.0500. The predicted molar refractivity (Wildman–Crippen MR) is 88.7 cm³/mol. The summed E-state index contributed by atoms with van der Waals surface area (Å²) in [5.41, 5.74) is 4.13. The first kappa shape index (κ1) is 16.1. The van der Waals surface area contributed by atoms with Crippen molar-refractivity contribution in [2.75, 3.05) is 7.11 Å². The van der Waals surface area contributed by atoms with Crippen molar-refractivity contribution in [1.82, 2.24) is 10.4 Å².